The van der Waals surface area contributed by atoms with Crippen molar-refractivity contribution in [3.8, 4) is 0 Å². The third-order valence-corrected chi connectivity index (χ3v) is 5.49. The van der Waals surface area contributed by atoms with Crippen LogP contribution >= 0.6 is 0 Å². The van der Waals surface area contributed by atoms with Crippen molar-refractivity contribution in [2.24, 2.45) is 0 Å². The van der Waals surface area contributed by atoms with Gasteiger partial charge in [0.1, 0.15) is 0 Å². The molecule has 0 spiro atoms. The monoisotopic (exact) mass is 436 g/mol. The Morgan fingerprint density at radius 1 is 0.788 bits per heavy atom. The topological polar surface area (TPSA) is 84.3 Å². The molecule has 5 rings (SSSR count). The zero-order valence-electron chi connectivity index (χ0n) is 17.6. The number of hydrogen-bond donors (Lipinski definition) is 1. The molecule has 0 aliphatic carbocycles. The summed E-state index contributed by atoms with van der Waals surface area (Å²) in [5, 5.41) is 7.15. The van der Waals surface area contributed by atoms with Crippen molar-refractivity contribution in [1.29, 1.82) is 0 Å². The summed E-state index contributed by atoms with van der Waals surface area (Å²) in [6, 6.07) is 23.6. The summed E-state index contributed by atoms with van der Waals surface area (Å²) in [7, 11) is 0. The zero-order valence-corrected chi connectivity index (χ0v) is 17.6. The molecule has 1 N–H and O–H groups in total. The number of fused-ring (bicyclic) bond motifs is 1. The minimum Gasteiger partial charge on any atom is -0.319 e. The Morgan fingerprint density at radius 2 is 1.45 bits per heavy atom. The standard InChI is InChI=1S/C26H20N4O3/c31-24(28-21-14-27-29(17-21)15-18-7-2-1-3-8-18)20-10-6-9-19(13-20)16-30-25(32)22-11-4-5-12-23(22)26(30)33/h1-14,17H,15-16H2,(H,28,31). The van der Waals surface area contributed by atoms with Crippen LogP contribution in [0.15, 0.2) is 91.3 Å². The van der Waals surface area contributed by atoms with E-state index in [2.05, 4.69) is 10.4 Å². The molecule has 33 heavy (non-hydrogen) atoms. The number of anilines is 1. The number of nitrogens with one attached hydrogen (secondary N) is 1. The first-order valence-corrected chi connectivity index (χ1v) is 10.5. The highest BCUT2D eigenvalue weighted by Crippen LogP contribution is 2.24. The van der Waals surface area contributed by atoms with Gasteiger partial charge < -0.3 is 5.32 Å². The first kappa shape index (κ1) is 20.4. The number of amides is 3. The first-order chi connectivity index (χ1) is 16.1. The molecule has 1 aliphatic heterocycles. The molecular weight excluding hydrogens is 416 g/mol. The Morgan fingerprint density at radius 3 is 2.18 bits per heavy atom. The highest BCUT2D eigenvalue weighted by Gasteiger charge is 2.34. The molecule has 0 unspecified atom stereocenters. The van der Waals surface area contributed by atoms with E-state index in [1.54, 1.807) is 65.6 Å². The van der Waals surface area contributed by atoms with Crippen LogP contribution in [-0.2, 0) is 13.1 Å². The van der Waals surface area contributed by atoms with Gasteiger partial charge in [0, 0.05) is 11.8 Å². The van der Waals surface area contributed by atoms with Gasteiger partial charge in [-0.1, -0.05) is 54.6 Å². The van der Waals surface area contributed by atoms with Crippen molar-refractivity contribution in [1.82, 2.24) is 14.7 Å². The highest BCUT2D eigenvalue weighted by molar-refractivity contribution is 6.21. The van der Waals surface area contributed by atoms with Gasteiger partial charge in [-0.15, -0.1) is 0 Å². The lowest BCUT2D eigenvalue weighted by Crippen LogP contribution is -2.29. The van der Waals surface area contributed by atoms with Crippen LogP contribution in [0.1, 0.15) is 42.2 Å². The van der Waals surface area contributed by atoms with Crippen molar-refractivity contribution in [2.75, 3.05) is 5.32 Å². The lowest BCUT2D eigenvalue weighted by Gasteiger charge is -2.14. The van der Waals surface area contributed by atoms with Crippen molar-refractivity contribution < 1.29 is 14.4 Å². The molecule has 0 bridgehead atoms. The second-order valence-electron chi connectivity index (χ2n) is 7.81. The van der Waals surface area contributed by atoms with Crippen LogP contribution in [0.4, 0.5) is 5.69 Å². The number of benzene rings is 3. The quantitative estimate of drug-likeness (QED) is 0.464. The van der Waals surface area contributed by atoms with Gasteiger partial charge in [-0.3, -0.25) is 24.0 Å². The molecule has 4 aromatic rings. The van der Waals surface area contributed by atoms with E-state index in [0.717, 1.165) is 5.56 Å². The lowest BCUT2D eigenvalue weighted by atomic mass is 10.1. The molecule has 0 saturated carbocycles. The Labute approximate surface area is 190 Å². The minimum atomic E-state index is -0.323. The molecule has 3 amide bonds. The van der Waals surface area contributed by atoms with Crippen LogP contribution in [0.5, 0.6) is 0 Å². The predicted octanol–water partition coefficient (Wildman–Crippen LogP) is 3.98. The molecular formula is C26H20N4O3. The zero-order chi connectivity index (χ0) is 22.8. The van der Waals surface area contributed by atoms with Crippen LogP contribution in [0.2, 0.25) is 0 Å². The number of nitrogens with zero attached hydrogens (tertiary/aromatic N) is 3. The van der Waals surface area contributed by atoms with Crippen LogP contribution in [0.25, 0.3) is 0 Å². The van der Waals surface area contributed by atoms with E-state index < -0.39 is 0 Å². The van der Waals surface area contributed by atoms with Crippen LogP contribution < -0.4 is 5.32 Å². The minimum absolute atomic E-state index is 0.0997. The summed E-state index contributed by atoms with van der Waals surface area (Å²) < 4.78 is 1.75. The average molecular weight is 436 g/mol. The van der Waals surface area contributed by atoms with E-state index in [4.69, 9.17) is 0 Å². The van der Waals surface area contributed by atoms with Gasteiger partial charge in [-0.05, 0) is 35.4 Å². The fraction of sp³-hybridized carbons (Fsp3) is 0.0769. The maximum Gasteiger partial charge on any atom is 0.261 e. The van der Waals surface area contributed by atoms with Gasteiger partial charge in [0.15, 0.2) is 0 Å². The summed E-state index contributed by atoms with van der Waals surface area (Å²) in [5.41, 5.74) is 3.63. The second-order valence-corrected chi connectivity index (χ2v) is 7.81. The summed E-state index contributed by atoms with van der Waals surface area (Å²) in [6.07, 6.45) is 3.37. The normalized spacial score (nSPS) is 12.7. The maximum absolute atomic E-state index is 12.8. The third kappa shape index (κ3) is 4.16. The Hall–Kier alpha value is -4.52. The van der Waals surface area contributed by atoms with E-state index in [0.29, 0.717) is 34.5 Å². The fourth-order valence-corrected chi connectivity index (χ4v) is 3.86. The van der Waals surface area contributed by atoms with Crippen LogP contribution in [-0.4, -0.2) is 32.4 Å². The van der Waals surface area contributed by atoms with Crippen molar-refractivity contribution in [3.05, 3.63) is 119 Å². The number of carbonyl (C=O) groups excluding carboxylic acids is 3. The predicted molar refractivity (Wildman–Crippen MR) is 123 cm³/mol. The molecule has 1 aliphatic rings. The second kappa shape index (κ2) is 8.55. The Balaban J connectivity index is 1.26. The molecule has 1 aromatic heterocycles. The van der Waals surface area contributed by atoms with E-state index in [-0.39, 0.29) is 24.3 Å². The summed E-state index contributed by atoms with van der Waals surface area (Å²) >= 11 is 0. The molecule has 0 atom stereocenters. The summed E-state index contributed by atoms with van der Waals surface area (Å²) in [5.74, 6) is -0.939. The third-order valence-electron chi connectivity index (χ3n) is 5.49. The SMILES string of the molecule is O=C(Nc1cnn(Cc2ccccc2)c1)c1cccc(CN2C(=O)c3ccccc3C2=O)c1. The van der Waals surface area contributed by atoms with E-state index in [1.165, 1.54) is 4.90 Å². The molecule has 7 nitrogen and oxygen atoms in total. The molecule has 0 saturated heterocycles. The van der Waals surface area contributed by atoms with Gasteiger partial charge in [-0.2, -0.15) is 5.10 Å². The van der Waals surface area contributed by atoms with E-state index in [9.17, 15) is 14.4 Å². The van der Waals surface area contributed by atoms with Crippen LogP contribution in [0.3, 0.4) is 0 Å². The van der Waals surface area contributed by atoms with Crippen LogP contribution in [0, 0.1) is 0 Å². The molecule has 2 heterocycles. The largest absolute Gasteiger partial charge is 0.319 e. The highest BCUT2D eigenvalue weighted by atomic mass is 16.2. The van der Waals surface area contributed by atoms with Crippen molar-refractivity contribution in [2.45, 2.75) is 13.1 Å². The van der Waals surface area contributed by atoms with Crippen molar-refractivity contribution in [3.63, 3.8) is 0 Å². The van der Waals surface area contributed by atoms with E-state index in [1.807, 2.05) is 30.3 Å². The summed E-state index contributed by atoms with van der Waals surface area (Å²) in [4.78, 5) is 39.2. The number of imide groups is 1. The molecule has 0 fully saturated rings. The van der Waals surface area contributed by atoms with Crippen molar-refractivity contribution >= 4 is 23.4 Å². The number of rotatable bonds is 6. The number of hydrogen-bond acceptors (Lipinski definition) is 4. The first-order valence-electron chi connectivity index (χ1n) is 10.5. The van der Waals surface area contributed by atoms with Gasteiger partial charge in [-0.25, -0.2) is 0 Å². The summed E-state index contributed by atoms with van der Waals surface area (Å²) in [6.45, 7) is 0.703. The lowest BCUT2D eigenvalue weighted by molar-refractivity contribution is 0.0642. The number of aromatic nitrogens is 2. The average Bonchev–Trinajstić information content (AvgIpc) is 3.37. The van der Waals surface area contributed by atoms with Gasteiger partial charge in [0.25, 0.3) is 17.7 Å². The molecule has 162 valence electrons. The molecule has 0 radical (unpaired) electrons. The maximum atomic E-state index is 12.8. The fourth-order valence-electron chi connectivity index (χ4n) is 3.86. The Bertz CT molecular complexity index is 1330. The van der Waals surface area contributed by atoms with Gasteiger partial charge in [0.2, 0.25) is 0 Å². The molecule has 7 heteroatoms. The number of carbonyl (C=O) groups is 3. The van der Waals surface area contributed by atoms with E-state index >= 15 is 0 Å². The van der Waals surface area contributed by atoms with Gasteiger partial charge in [0.05, 0.1) is 36.1 Å². The Kier molecular flexibility index (Phi) is 5.28. The van der Waals surface area contributed by atoms with Gasteiger partial charge >= 0.3 is 0 Å². The smallest absolute Gasteiger partial charge is 0.261 e. The molecule has 3 aromatic carbocycles.